The number of ether oxygens (including phenoxy) is 1. The molecule has 2 aromatic heterocycles. The van der Waals surface area contributed by atoms with Gasteiger partial charge < -0.3 is 9.64 Å². The van der Waals surface area contributed by atoms with Crippen LogP contribution in [0.3, 0.4) is 0 Å². The topological polar surface area (TPSA) is 75.9 Å². The fourth-order valence-electron chi connectivity index (χ4n) is 3.90. The Morgan fingerprint density at radius 1 is 1.26 bits per heavy atom. The number of cyclic esters (lactones) is 1. The number of aromatic nitrogens is 4. The number of benzene rings is 1. The van der Waals surface area contributed by atoms with Crippen LogP contribution in [-0.4, -0.2) is 45.4 Å². The summed E-state index contributed by atoms with van der Waals surface area (Å²) < 4.78 is 6.91. The molecule has 2 aliphatic rings. The van der Waals surface area contributed by atoms with Gasteiger partial charge in [-0.15, -0.1) is 0 Å². The lowest BCUT2D eigenvalue weighted by atomic mass is 9.97. The maximum absolute atomic E-state index is 12.0. The lowest BCUT2D eigenvalue weighted by Crippen LogP contribution is -2.34. The molecule has 0 saturated carbocycles. The predicted molar refractivity (Wildman–Crippen MR) is 100 cm³/mol. The normalized spacial score (nSPS) is 16.7. The van der Waals surface area contributed by atoms with Crippen molar-refractivity contribution in [3.05, 3.63) is 47.4 Å². The van der Waals surface area contributed by atoms with Crippen molar-refractivity contribution in [3.8, 4) is 0 Å². The Kier molecular flexibility index (Phi) is 3.70. The molecule has 8 nitrogen and oxygen atoms in total. The van der Waals surface area contributed by atoms with Crippen LogP contribution in [0.2, 0.25) is 0 Å². The molecular formula is C19H20N6O2. The summed E-state index contributed by atoms with van der Waals surface area (Å²) in [6.45, 7) is 4.76. The number of carbonyl (C=O) groups excluding carboxylic acids is 1. The van der Waals surface area contributed by atoms with E-state index in [2.05, 4.69) is 39.0 Å². The summed E-state index contributed by atoms with van der Waals surface area (Å²) in [4.78, 5) is 24.8. The molecule has 27 heavy (non-hydrogen) atoms. The fourth-order valence-corrected chi connectivity index (χ4v) is 3.90. The third kappa shape index (κ3) is 2.59. The van der Waals surface area contributed by atoms with E-state index in [-0.39, 0.29) is 6.09 Å². The molecule has 4 heterocycles. The highest BCUT2D eigenvalue weighted by Gasteiger charge is 2.29. The van der Waals surface area contributed by atoms with Gasteiger partial charge in [0.05, 0.1) is 12.2 Å². The minimum absolute atomic E-state index is 0.253. The molecule has 5 rings (SSSR count). The zero-order chi connectivity index (χ0) is 18.4. The van der Waals surface area contributed by atoms with Crippen molar-refractivity contribution in [2.24, 2.45) is 0 Å². The fraction of sp³-hybridized carbons (Fsp3) is 0.368. The molecule has 1 fully saturated rings. The monoisotopic (exact) mass is 364 g/mol. The van der Waals surface area contributed by atoms with E-state index in [1.54, 1.807) is 15.7 Å². The zero-order valence-electron chi connectivity index (χ0n) is 15.1. The van der Waals surface area contributed by atoms with Crippen LogP contribution < -0.4 is 9.80 Å². The third-order valence-corrected chi connectivity index (χ3v) is 5.27. The second-order valence-electron chi connectivity index (χ2n) is 6.78. The van der Waals surface area contributed by atoms with Gasteiger partial charge in [0.2, 0.25) is 0 Å². The average Bonchev–Trinajstić information content (AvgIpc) is 3.34. The number of carbonyl (C=O) groups is 1. The highest BCUT2D eigenvalue weighted by molar-refractivity contribution is 5.90. The van der Waals surface area contributed by atoms with E-state index in [0.717, 1.165) is 43.1 Å². The number of hydrogen-bond acceptors (Lipinski definition) is 6. The molecule has 0 aliphatic carbocycles. The Morgan fingerprint density at radius 3 is 3.00 bits per heavy atom. The molecule has 0 bridgehead atoms. The van der Waals surface area contributed by atoms with E-state index >= 15 is 0 Å². The minimum atomic E-state index is -0.253. The molecule has 3 aromatic rings. The molecule has 1 saturated heterocycles. The SMILES string of the molecule is CCc1cc(N2CCc3c(cccc3N3CCOC3=O)C2)n2ncnc2n1. The summed E-state index contributed by atoms with van der Waals surface area (Å²) in [5.74, 6) is 1.63. The van der Waals surface area contributed by atoms with E-state index in [1.165, 1.54) is 11.1 Å². The van der Waals surface area contributed by atoms with E-state index in [4.69, 9.17) is 4.74 Å². The summed E-state index contributed by atoms with van der Waals surface area (Å²) in [5, 5.41) is 4.35. The number of hydrogen-bond donors (Lipinski definition) is 0. The van der Waals surface area contributed by atoms with E-state index in [1.807, 2.05) is 12.1 Å². The number of anilines is 2. The molecule has 0 N–H and O–H groups in total. The van der Waals surface area contributed by atoms with Crippen LogP contribution in [0.15, 0.2) is 30.6 Å². The van der Waals surface area contributed by atoms with Crippen LogP contribution in [0, 0.1) is 0 Å². The average molecular weight is 364 g/mol. The lowest BCUT2D eigenvalue weighted by molar-refractivity contribution is 0.181. The first-order valence-corrected chi connectivity index (χ1v) is 9.24. The Labute approximate surface area is 156 Å². The van der Waals surface area contributed by atoms with Crippen molar-refractivity contribution in [1.82, 2.24) is 19.6 Å². The van der Waals surface area contributed by atoms with Crippen LogP contribution in [0.5, 0.6) is 0 Å². The third-order valence-electron chi connectivity index (χ3n) is 5.27. The van der Waals surface area contributed by atoms with Crippen molar-refractivity contribution in [1.29, 1.82) is 0 Å². The second-order valence-corrected chi connectivity index (χ2v) is 6.78. The summed E-state index contributed by atoms with van der Waals surface area (Å²) >= 11 is 0. The first-order chi connectivity index (χ1) is 13.2. The molecule has 1 aromatic carbocycles. The van der Waals surface area contributed by atoms with Gasteiger partial charge >= 0.3 is 6.09 Å². The molecule has 1 amide bonds. The van der Waals surface area contributed by atoms with Crippen molar-refractivity contribution in [2.45, 2.75) is 26.3 Å². The summed E-state index contributed by atoms with van der Waals surface area (Å²) in [6, 6.07) is 8.25. The molecule has 0 unspecified atom stereocenters. The maximum Gasteiger partial charge on any atom is 0.414 e. The Hall–Kier alpha value is -3.16. The van der Waals surface area contributed by atoms with E-state index < -0.39 is 0 Å². The second kappa shape index (κ2) is 6.22. The van der Waals surface area contributed by atoms with Crippen molar-refractivity contribution in [3.63, 3.8) is 0 Å². The number of aryl methyl sites for hydroxylation is 1. The van der Waals surface area contributed by atoms with E-state index in [9.17, 15) is 4.79 Å². The maximum atomic E-state index is 12.0. The van der Waals surface area contributed by atoms with Crippen LogP contribution in [0.25, 0.3) is 5.78 Å². The van der Waals surface area contributed by atoms with Gasteiger partial charge in [0.1, 0.15) is 18.8 Å². The van der Waals surface area contributed by atoms with Gasteiger partial charge in [0.25, 0.3) is 5.78 Å². The number of amides is 1. The van der Waals surface area contributed by atoms with Crippen molar-refractivity contribution in [2.75, 3.05) is 29.5 Å². The van der Waals surface area contributed by atoms with Gasteiger partial charge in [-0.05, 0) is 30.0 Å². The smallest absolute Gasteiger partial charge is 0.414 e. The molecule has 0 atom stereocenters. The van der Waals surface area contributed by atoms with Crippen molar-refractivity contribution >= 4 is 23.4 Å². The zero-order valence-corrected chi connectivity index (χ0v) is 15.1. The molecule has 8 heteroatoms. The standard InChI is InChI=1S/C19H20N6O2/c1-2-14-10-17(25-18(22-14)20-12-21-25)23-7-6-15-13(11-23)4-3-5-16(15)24-8-9-27-19(24)26/h3-5,10,12H,2,6-9,11H2,1H3. The Bertz CT molecular complexity index is 1030. The summed E-state index contributed by atoms with van der Waals surface area (Å²) in [6.07, 6.45) is 2.99. The Balaban J connectivity index is 1.52. The number of nitrogens with zero attached hydrogens (tertiary/aromatic N) is 6. The minimum Gasteiger partial charge on any atom is -0.447 e. The largest absolute Gasteiger partial charge is 0.447 e. The van der Waals surface area contributed by atoms with Crippen LogP contribution in [0.1, 0.15) is 23.7 Å². The highest BCUT2D eigenvalue weighted by Crippen LogP contribution is 2.32. The predicted octanol–water partition coefficient (Wildman–Crippen LogP) is 2.21. The number of fused-ring (bicyclic) bond motifs is 2. The molecule has 138 valence electrons. The van der Waals surface area contributed by atoms with Gasteiger partial charge in [-0.1, -0.05) is 19.1 Å². The first-order valence-electron chi connectivity index (χ1n) is 9.24. The van der Waals surface area contributed by atoms with Gasteiger partial charge in [-0.2, -0.15) is 14.6 Å². The van der Waals surface area contributed by atoms with E-state index in [0.29, 0.717) is 18.9 Å². The van der Waals surface area contributed by atoms with Crippen molar-refractivity contribution < 1.29 is 9.53 Å². The molecule has 2 aliphatic heterocycles. The summed E-state index contributed by atoms with van der Waals surface area (Å²) in [5.41, 5.74) is 4.43. The van der Waals surface area contributed by atoms with Gasteiger partial charge in [0.15, 0.2) is 0 Å². The van der Waals surface area contributed by atoms with Gasteiger partial charge in [-0.25, -0.2) is 9.78 Å². The highest BCUT2D eigenvalue weighted by atomic mass is 16.6. The van der Waals surface area contributed by atoms with Crippen LogP contribution in [-0.2, 0) is 24.1 Å². The number of rotatable bonds is 3. The molecule has 0 spiro atoms. The quantitative estimate of drug-likeness (QED) is 0.709. The Morgan fingerprint density at radius 2 is 2.19 bits per heavy atom. The van der Waals surface area contributed by atoms with Gasteiger partial charge in [-0.3, -0.25) is 4.90 Å². The lowest BCUT2D eigenvalue weighted by Gasteiger charge is -2.32. The van der Waals surface area contributed by atoms with Crippen LogP contribution >= 0.6 is 0 Å². The van der Waals surface area contributed by atoms with Gasteiger partial charge in [0, 0.05) is 24.8 Å². The van der Waals surface area contributed by atoms with Crippen LogP contribution in [0.4, 0.5) is 16.3 Å². The molecular weight excluding hydrogens is 344 g/mol. The first kappa shape index (κ1) is 16.0. The molecule has 0 radical (unpaired) electrons. The summed E-state index contributed by atoms with van der Waals surface area (Å²) in [7, 11) is 0.